The number of ether oxygens (including phenoxy) is 1. The van der Waals surface area contributed by atoms with Crippen LogP contribution in [0.25, 0.3) is 0 Å². The van der Waals surface area contributed by atoms with Crippen molar-refractivity contribution in [1.82, 2.24) is 4.90 Å². The smallest absolute Gasteiger partial charge is 0.167 e. The number of carbonyl (C=O) groups is 1. The van der Waals surface area contributed by atoms with E-state index in [2.05, 4.69) is 24.8 Å². The fourth-order valence-corrected chi connectivity index (χ4v) is 3.16. The van der Waals surface area contributed by atoms with Crippen LogP contribution in [0.5, 0.6) is 5.75 Å². The molecule has 1 aliphatic rings. The molecule has 0 radical (unpaired) electrons. The van der Waals surface area contributed by atoms with Gasteiger partial charge < -0.3 is 9.64 Å². The van der Waals surface area contributed by atoms with Crippen molar-refractivity contribution in [3.63, 3.8) is 0 Å². The summed E-state index contributed by atoms with van der Waals surface area (Å²) < 4.78 is 5.67. The van der Waals surface area contributed by atoms with Gasteiger partial charge >= 0.3 is 0 Å². The lowest BCUT2D eigenvalue weighted by molar-refractivity contribution is 0.0961. The number of Topliss-reactive ketones (excluding diaryl/α,β-unsaturated/α-hetero) is 1. The Labute approximate surface area is 141 Å². The van der Waals surface area contributed by atoms with Gasteiger partial charge in [0, 0.05) is 13.0 Å². The zero-order valence-corrected chi connectivity index (χ0v) is 14.9. The minimum atomic E-state index is 0.209. The van der Waals surface area contributed by atoms with Crippen LogP contribution in [0.4, 0.5) is 0 Å². The van der Waals surface area contributed by atoms with Gasteiger partial charge in [-0.3, -0.25) is 4.79 Å². The summed E-state index contributed by atoms with van der Waals surface area (Å²) in [6.07, 6.45) is 5.77. The Bertz CT molecular complexity index is 502. The Morgan fingerprint density at radius 3 is 2.48 bits per heavy atom. The van der Waals surface area contributed by atoms with Gasteiger partial charge in [-0.25, -0.2) is 0 Å². The molecule has 0 bridgehead atoms. The number of ketones is 1. The number of nitrogens with zero attached hydrogens (tertiary/aromatic N) is 1. The molecule has 0 unspecified atom stereocenters. The summed E-state index contributed by atoms with van der Waals surface area (Å²) in [6.45, 7) is 10.0. The molecular weight excluding hydrogens is 286 g/mol. The lowest BCUT2D eigenvalue weighted by Gasteiger charge is -2.19. The predicted molar refractivity (Wildman–Crippen MR) is 95.6 cm³/mol. The molecule has 3 nitrogen and oxygen atoms in total. The summed E-state index contributed by atoms with van der Waals surface area (Å²) >= 11 is 0. The second-order valence-corrected chi connectivity index (χ2v) is 6.77. The summed E-state index contributed by atoms with van der Waals surface area (Å²) in [5.74, 6) is 1.36. The second-order valence-electron chi connectivity index (χ2n) is 6.77. The molecule has 2 rings (SSSR count). The molecule has 1 aliphatic heterocycles. The third kappa shape index (κ3) is 5.35. The number of rotatable bonds is 7. The molecule has 128 valence electrons. The van der Waals surface area contributed by atoms with E-state index in [1.807, 2.05) is 19.1 Å². The van der Waals surface area contributed by atoms with Crippen molar-refractivity contribution in [2.45, 2.75) is 58.8 Å². The maximum Gasteiger partial charge on any atom is 0.167 e. The van der Waals surface area contributed by atoms with Gasteiger partial charge in [-0.2, -0.15) is 0 Å². The number of likely N-dealkylation sites (tertiary alicyclic amines) is 1. The van der Waals surface area contributed by atoms with E-state index in [0.717, 1.165) is 30.9 Å². The molecule has 0 saturated carbocycles. The molecule has 1 saturated heterocycles. The van der Waals surface area contributed by atoms with E-state index in [9.17, 15) is 4.79 Å². The van der Waals surface area contributed by atoms with Gasteiger partial charge in [0.25, 0.3) is 0 Å². The van der Waals surface area contributed by atoms with Crippen molar-refractivity contribution in [2.75, 3.05) is 26.2 Å². The summed E-state index contributed by atoms with van der Waals surface area (Å²) in [4.78, 5) is 15.2. The summed E-state index contributed by atoms with van der Waals surface area (Å²) in [5.41, 5.74) is 1.96. The number of hydrogen-bond donors (Lipinski definition) is 0. The van der Waals surface area contributed by atoms with Crippen LogP contribution < -0.4 is 4.74 Å². The maximum atomic E-state index is 12.7. The van der Waals surface area contributed by atoms with E-state index in [-0.39, 0.29) is 5.78 Å². The number of carbonyl (C=O) groups excluding carboxylic acids is 1. The molecule has 3 heteroatoms. The maximum absolute atomic E-state index is 12.7. The Morgan fingerprint density at radius 2 is 1.87 bits per heavy atom. The van der Waals surface area contributed by atoms with Gasteiger partial charge in [0.1, 0.15) is 5.75 Å². The minimum absolute atomic E-state index is 0.209. The highest BCUT2D eigenvalue weighted by molar-refractivity contribution is 5.99. The monoisotopic (exact) mass is 317 g/mol. The highest BCUT2D eigenvalue weighted by Gasteiger charge is 2.17. The van der Waals surface area contributed by atoms with Crippen molar-refractivity contribution in [2.24, 2.45) is 0 Å². The van der Waals surface area contributed by atoms with E-state index in [0.29, 0.717) is 18.9 Å². The first-order valence-electron chi connectivity index (χ1n) is 9.14. The van der Waals surface area contributed by atoms with Gasteiger partial charge in [0.2, 0.25) is 0 Å². The summed E-state index contributed by atoms with van der Waals surface area (Å²) in [7, 11) is 0. The van der Waals surface area contributed by atoms with Gasteiger partial charge in [0.15, 0.2) is 5.78 Å². The molecule has 0 aromatic heterocycles. The van der Waals surface area contributed by atoms with Crippen LogP contribution in [-0.2, 0) is 0 Å². The number of hydrogen-bond acceptors (Lipinski definition) is 3. The van der Waals surface area contributed by atoms with Crippen LogP contribution in [0.15, 0.2) is 18.2 Å². The fourth-order valence-electron chi connectivity index (χ4n) is 3.16. The van der Waals surface area contributed by atoms with Crippen LogP contribution in [0, 0.1) is 0 Å². The predicted octanol–water partition coefficient (Wildman–Crippen LogP) is 4.66. The first-order chi connectivity index (χ1) is 11.1. The van der Waals surface area contributed by atoms with Crippen LogP contribution >= 0.6 is 0 Å². The Balaban J connectivity index is 2.05. The standard InChI is InChI=1S/C20H31NO2/c1-4-23-20-10-9-17(16(2)3)15-18(20)19(22)11-14-21-12-7-5-6-8-13-21/h9-10,15-16H,4-8,11-14H2,1-3H3. The van der Waals surface area contributed by atoms with E-state index in [4.69, 9.17) is 4.74 Å². The van der Waals surface area contributed by atoms with Crippen molar-refractivity contribution in [3.8, 4) is 5.75 Å². The summed E-state index contributed by atoms with van der Waals surface area (Å²) in [6, 6.07) is 6.06. The third-order valence-corrected chi connectivity index (χ3v) is 4.62. The van der Waals surface area contributed by atoms with Crippen molar-refractivity contribution in [3.05, 3.63) is 29.3 Å². The summed E-state index contributed by atoms with van der Waals surface area (Å²) in [5, 5.41) is 0. The molecule has 1 aromatic rings. The Morgan fingerprint density at radius 1 is 1.17 bits per heavy atom. The molecule has 1 aromatic carbocycles. The Kier molecular flexibility index (Phi) is 7.10. The average Bonchev–Trinajstić information content (AvgIpc) is 2.81. The molecular formula is C20H31NO2. The van der Waals surface area contributed by atoms with Crippen molar-refractivity contribution >= 4 is 5.78 Å². The number of benzene rings is 1. The normalized spacial score (nSPS) is 16.3. The highest BCUT2D eigenvalue weighted by Crippen LogP contribution is 2.26. The molecule has 0 atom stereocenters. The first kappa shape index (κ1) is 18.0. The third-order valence-electron chi connectivity index (χ3n) is 4.62. The van der Waals surface area contributed by atoms with Crippen LogP contribution in [0.1, 0.15) is 74.7 Å². The van der Waals surface area contributed by atoms with Crippen LogP contribution in [-0.4, -0.2) is 36.9 Å². The highest BCUT2D eigenvalue weighted by atomic mass is 16.5. The van der Waals surface area contributed by atoms with Gasteiger partial charge in [0.05, 0.1) is 12.2 Å². The van der Waals surface area contributed by atoms with E-state index >= 15 is 0 Å². The average molecular weight is 317 g/mol. The quantitative estimate of drug-likeness (QED) is 0.685. The molecule has 1 heterocycles. The van der Waals surface area contributed by atoms with Crippen LogP contribution in [0.2, 0.25) is 0 Å². The second kappa shape index (κ2) is 9.07. The van der Waals surface area contributed by atoms with Gasteiger partial charge in [-0.15, -0.1) is 0 Å². The molecule has 0 N–H and O–H groups in total. The molecule has 0 amide bonds. The van der Waals surface area contributed by atoms with Crippen molar-refractivity contribution < 1.29 is 9.53 Å². The first-order valence-corrected chi connectivity index (χ1v) is 9.14. The van der Waals surface area contributed by atoms with E-state index in [1.54, 1.807) is 0 Å². The van der Waals surface area contributed by atoms with Crippen molar-refractivity contribution in [1.29, 1.82) is 0 Å². The zero-order valence-electron chi connectivity index (χ0n) is 14.9. The molecule has 0 aliphatic carbocycles. The topological polar surface area (TPSA) is 29.5 Å². The van der Waals surface area contributed by atoms with Crippen LogP contribution in [0.3, 0.4) is 0 Å². The lowest BCUT2D eigenvalue weighted by atomic mass is 9.97. The van der Waals surface area contributed by atoms with Gasteiger partial charge in [-0.05, 0) is 56.5 Å². The SMILES string of the molecule is CCOc1ccc(C(C)C)cc1C(=O)CCN1CCCCCC1. The molecule has 0 spiro atoms. The minimum Gasteiger partial charge on any atom is -0.493 e. The largest absolute Gasteiger partial charge is 0.493 e. The molecule has 1 fully saturated rings. The molecule has 23 heavy (non-hydrogen) atoms. The zero-order chi connectivity index (χ0) is 16.7. The van der Waals surface area contributed by atoms with Gasteiger partial charge in [-0.1, -0.05) is 32.8 Å². The fraction of sp³-hybridized carbons (Fsp3) is 0.650. The van der Waals surface area contributed by atoms with E-state index < -0.39 is 0 Å². The Hall–Kier alpha value is -1.35. The van der Waals surface area contributed by atoms with E-state index in [1.165, 1.54) is 31.2 Å². The lowest BCUT2D eigenvalue weighted by Crippen LogP contribution is -2.27.